The molecule has 2 aromatic heterocycles. The van der Waals surface area contributed by atoms with E-state index in [1.807, 2.05) is 60.9 Å². The van der Waals surface area contributed by atoms with Gasteiger partial charge in [0.1, 0.15) is 22.2 Å². The fourth-order valence-corrected chi connectivity index (χ4v) is 3.91. The highest BCUT2D eigenvalue weighted by molar-refractivity contribution is 7.98. The van der Waals surface area contributed by atoms with Crippen molar-refractivity contribution in [2.75, 3.05) is 6.26 Å². The second kappa shape index (κ2) is 5.65. The normalized spacial score (nSPS) is 15.6. The minimum Gasteiger partial charge on any atom is -0.458 e. The number of hydrogen-bond acceptors (Lipinski definition) is 5. The zero-order chi connectivity index (χ0) is 16.7. The zero-order valence-electron chi connectivity index (χ0n) is 13.4. The molecular formula is C18H17N3O2S. The molecule has 4 rings (SSSR count). The predicted octanol–water partition coefficient (Wildman–Crippen LogP) is 3.95. The van der Waals surface area contributed by atoms with Crippen molar-refractivity contribution in [3.63, 3.8) is 0 Å². The number of thioether (sulfide) groups is 1. The lowest BCUT2D eigenvalue weighted by Crippen LogP contribution is -2.32. The van der Waals surface area contributed by atoms with E-state index in [4.69, 9.17) is 4.42 Å². The fourth-order valence-electron chi connectivity index (χ4n) is 2.98. The zero-order valence-corrected chi connectivity index (χ0v) is 14.2. The first kappa shape index (κ1) is 15.2. The van der Waals surface area contributed by atoms with Crippen LogP contribution in [0.4, 0.5) is 0 Å². The van der Waals surface area contributed by atoms with Crippen molar-refractivity contribution >= 4 is 33.8 Å². The van der Waals surface area contributed by atoms with Crippen LogP contribution in [0.2, 0.25) is 0 Å². The molecule has 0 radical (unpaired) electrons. The average Bonchev–Trinajstić information content (AvgIpc) is 3.20. The maximum absolute atomic E-state index is 11.3. The molecule has 0 spiro atoms. The Morgan fingerprint density at radius 2 is 1.92 bits per heavy atom. The van der Waals surface area contributed by atoms with Gasteiger partial charge in [0.2, 0.25) is 0 Å². The van der Waals surface area contributed by atoms with Crippen LogP contribution in [0.1, 0.15) is 18.1 Å². The third-order valence-electron chi connectivity index (χ3n) is 4.23. The summed E-state index contributed by atoms with van der Waals surface area (Å²) in [6.45, 7) is 1.75. The molecule has 1 N–H and O–H groups in total. The summed E-state index contributed by atoms with van der Waals surface area (Å²) in [6, 6.07) is 17.3. The van der Waals surface area contributed by atoms with Crippen molar-refractivity contribution in [3.8, 4) is 0 Å². The molecular weight excluding hydrogens is 322 g/mol. The maximum Gasteiger partial charge on any atom is 0.151 e. The first-order valence-electron chi connectivity index (χ1n) is 7.65. The van der Waals surface area contributed by atoms with E-state index in [0.717, 1.165) is 22.0 Å². The predicted molar refractivity (Wildman–Crippen MR) is 95.9 cm³/mol. The lowest BCUT2D eigenvalue weighted by Gasteiger charge is -2.29. The van der Waals surface area contributed by atoms with Gasteiger partial charge in [0, 0.05) is 5.39 Å². The summed E-state index contributed by atoms with van der Waals surface area (Å²) in [5.41, 5.74) is 1.20. The third-order valence-corrected chi connectivity index (χ3v) is 5.33. The van der Waals surface area contributed by atoms with Crippen LogP contribution in [0.3, 0.4) is 0 Å². The number of aliphatic hydroxyl groups is 1. The molecule has 122 valence electrons. The van der Waals surface area contributed by atoms with Crippen LogP contribution in [0.25, 0.3) is 22.0 Å². The first-order valence-corrected chi connectivity index (χ1v) is 8.94. The smallest absolute Gasteiger partial charge is 0.151 e. The number of fused-ring (bicyclic) bond motifs is 2. The van der Waals surface area contributed by atoms with Crippen LogP contribution in [0.5, 0.6) is 0 Å². The topological polar surface area (TPSA) is 64.1 Å². The van der Waals surface area contributed by atoms with E-state index in [1.54, 1.807) is 11.6 Å². The Kier molecular flexibility index (Phi) is 3.58. The lowest BCUT2D eigenvalue weighted by atomic mass is 10.0. The van der Waals surface area contributed by atoms with Crippen LogP contribution in [0, 0.1) is 0 Å². The van der Waals surface area contributed by atoms with Gasteiger partial charge in [-0.1, -0.05) is 35.5 Å². The van der Waals surface area contributed by atoms with Crippen molar-refractivity contribution in [2.24, 2.45) is 0 Å². The van der Waals surface area contributed by atoms with E-state index < -0.39 is 5.60 Å². The quantitative estimate of drug-likeness (QED) is 0.610. The highest BCUT2D eigenvalue weighted by atomic mass is 32.2. The summed E-state index contributed by atoms with van der Waals surface area (Å²) in [4.78, 5) is 0. The van der Waals surface area contributed by atoms with Gasteiger partial charge in [0.25, 0.3) is 0 Å². The highest BCUT2D eigenvalue weighted by Gasteiger charge is 2.39. The van der Waals surface area contributed by atoms with E-state index in [9.17, 15) is 5.11 Å². The number of benzene rings is 2. The number of rotatable bonds is 4. The average molecular weight is 339 g/mol. The molecule has 5 nitrogen and oxygen atoms in total. The number of para-hydroxylation sites is 2. The van der Waals surface area contributed by atoms with Gasteiger partial charge in [-0.3, -0.25) is 0 Å². The summed E-state index contributed by atoms with van der Waals surface area (Å²) in [5.74, 6) is 0.516. The Morgan fingerprint density at radius 1 is 1.17 bits per heavy atom. The Labute approximate surface area is 143 Å². The number of hydrogen-bond donors (Lipinski definition) is 1. The Bertz CT molecular complexity index is 973. The Morgan fingerprint density at radius 3 is 2.71 bits per heavy atom. The van der Waals surface area contributed by atoms with Crippen LogP contribution < -0.4 is 0 Å². The van der Waals surface area contributed by atoms with Gasteiger partial charge in [0.05, 0.1) is 5.52 Å². The largest absolute Gasteiger partial charge is 0.458 e. The van der Waals surface area contributed by atoms with Gasteiger partial charge in [-0.2, -0.15) is 0 Å². The van der Waals surface area contributed by atoms with Crippen molar-refractivity contribution in [1.29, 1.82) is 0 Å². The molecule has 2 heterocycles. The molecule has 24 heavy (non-hydrogen) atoms. The fraction of sp³-hybridized carbons (Fsp3) is 0.222. The first-order chi connectivity index (χ1) is 11.6. The van der Waals surface area contributed by atoms with Crippen LogP contribution >= 0.6 is 11.8 Å². The van der Waals surface area contributed by atoms with Crippen LogP contribution in [-0.4, -0.2) is 26.4 Å². The summed E-state index contributed by atoms with van der Waals surface area (Å²) >= 11 is 1.50. The molecule has 4 aromatic rings. The van der Waals surface area contributed by atoms with Crippen molar-refractivity contribution in [3.05, 3.63) is 60.4 Å². The molecule has 2 aromatic carbocycles. The summed E-state index contributed by atoms with van der Waals surface area (Å²) in [5, 5.41) is 20.3. The maximum atomic E-state index is 11.3. The van der Waals surface area contributed by atoms with E-state index in [0.29, 0.717) is 5.76 Å². The Balaban J connectivity index is 1.83. The number of aromatic nitrogens is 3. The Hall–Kier alpha value is -2.31. The van der Waals surface area contributed by atoms with Crippen LogP contribution in [0.15, 0.2) is 59.0 Å². The molecule has 0 aliphatic rings. The standard InChI is InChI=1S/C18H17N3O2S/c1-18(22,16-11-12-7-3-6-10-15(12)23-16)17(24-2)21-14-9-5-4-8-13(14)19-20-21/h3-11,17,22H,1-2H3. The minimum absolute atomic E-state index is 0.370. The van der Waals surface area contributed by atoms with E-state index in [-0.39, 0.29) is 5.37 Å². The highest BCUT2D eigenvalue weighted by Crippen LogP contribution is 2.42. The van der Waals surface area contributed by atoms with Crippen molar-refractivity contribution in [1.82, 2.24) is 15.0 Å². The third kappa shape index (κ3) is 2.30. The summed E-state index contributed by atoms with van der Waals surface area (Å²) in [6.07, 6.45) is 1.94. The van der Waals surface area contributed by atoms with E-state index in [2.05, 4.69) is 10.3 Å². The van der Waals surface area contributed by atoms with Crippen molar-refractivity contribution in [2.45, 2.75) is 17.9 Å². The molecule has 2 atom stereocenters. The number of nitrogens with zero attached hydrogens (tertiary/aromatic N) is 3. The molecule has 6 heteroatoms. The molecule has 0 saturated heterocycles. The van der Waals surface area contributed by atoms with E-state index >= 15 is 0 Å². The summed E-state index contributed by atoms with van der Waals surface area (Å²) < 4.78 is 7.66. The van der Waals surface area contributed by atoms with Gasteiger partial charge in [-0.25, -0.2) is 4.68 Å². The van der Waals surface area contributed by atoms with Gasteiger partial charge in [0.15, 0.2) is 5.60 Å². The minimum atomic E-state index is -1.24. The monoisotopic (exact) mass is 339 g/mol. The van der Waals surface area contributed by atoms with Crippen LogP contribution in [-0.2, 0) is 5.60 Å². The second-order valence-corrected chi connectivity index (χ2v) is 6.82. The molecule has 0 saturated carbocycles. The second-order valence-electron chi connectivity index (χ2n) is 5.91. The molecule has 0 bridgehead atoms. The lowest BCUT2D eigenvalue weighted by molar-refractivity contribution is 0.0116. The van der Waals surface area contributed by atoms with Gasteiger partial charge in [-0.15, -0.1) is 16.9 Å². The van der Waals surface area contributed by atoms with Gasteiger partial charge in [-0.05, 0) is 37.4 Å². The molecule has 0 aliphatic carbocycles. The van der Waals surface area contributed by atoms with Gasteiger partial charge >= 0.3 is 0 Å². The molecule has 2 unspecified atom stereocenters. The molecule has 0 aliphatic heterocycles. The number of furan rings is 1. The SMILES string of the molecule is CSC(n1nnc2ccccc21)C(C)(O)c1cc2ccccc2o1. The van der Waals surface area contributed by atoms with Crippen molar-refractivity contribution < 1.29 is 9.52 Å². The van der Waals surface area contributed by atoms with Gasteiger partial charge < -0.3 is 9.52 Å². The summed E-state index contributed by atoms with van der Waals surface area (Å²) in [7, 11) is 0. The molecule has 0 fully saturated rings. The van der Waals surface area contributed by atoms with E-state index in [1.165, 1.54) is 11.8 Å². The molecule has 0 amide bonds.